The number of nitrogens with one attached hydrogen (secondary N) is 1. The first-order chi connectivity index (χ1) is 15.0. The number of hydrogen-bond donors (Lipinski definition) is 1. The third kappa shape index (κ3) is 3.45. The fourth-order valence-electron chi connectivity index (χ4n) is 3.38. The van der Waals surface area contributed by atoms with Gasteiger partial charge in [0.25, 0.3) is 5.91 Å². The van der Waals surface area contributed by atoms with Gasteiger partial charge in [0, 0.05) is 11.3 Å². The van der Waals surface area contributed by atoms with Gasteiger partial charge in [-0.15, -0.1) is 10.2 Å². The molecule has 154 valence electrons. The number of rotatable bonds is 4. The van der Waals surface area contributed by atoms with Gasteiger partial charge in [-0.1, -0.05) is 35.6 Å². The minimum Gasteiger partial charge on any atom is -0.495 e. The molecule has 0 aliphatic carbocycles. The highest BCUT2D eigenvalue weighted by molar-refractivity contribution is 9.10. The number of amides is 1. The predicted molar refractivity (Wildman–Crippen MR) is 125 cm³/mol. The highest BCUT2D eigenvalue weighted by Crippen LogP contribution is 2.37. The van der Waals surface area contributed by atoms with Gasteiger partial charge in [-0.05, 0) is 64.0 Å². The van der Waals surface area contributed by atoms with Crippen molar-refractivity contribution < 1.29 is 9.53 Å². The predicted octanol–water partition coefficient (Wildman–Crippen LogP) is 5.34. The number of benzene rings is 3. The van der Waals surface area contributed by atoms with Crippen LogP contribution in [0.1, 0.15) is 16.2 Å². The van der Waals surface area contributed by atoms with Crippen molar-refractivity contribution in [2.24, 2.45) is 0 Å². The molecule has 2 aromatic heterocycles. The van der Waals surface area contributed by atoms with Crippen molar-refractivity contribution >= 4 is 54.6 Å². The molecule has 0 aliphatic rings. The Morgan fingerprint density at radius 1 is 1.13 bits per heavy atom. The molecule has 0 saturated heterocycles. The Balaban J connectivity index is 1.43. The van der Waals surface area contributed by atoms with Gasteiger partial charge in [-0.25, -0.2) is 0 Å². The molecule has 0 saturated carbocycles. The number of hydrogen-bond acceptors (Lipinski definition) is 6. The summed E-state index contributed by atoms with van der Waals surface area (Å²) in [6.07, 6.45) is 0. The molecule has 3 aromatic carbocycles. The maximum atomic E-state index is 13.0. The van der Waals surface area contributed by atoms with E-state index in [0.717, 1.165) is 36.6 Å². The molecule has 2 heterocycles. The van der Waals surface area contributed by atoms with Crippen LogP contribution in [-0.4, -0.2) is 32.8 Å². The van der Waals surface area contributed by atoms with Crippen molar-refractivity contribution in [1.82, 2.24) is 19.8 Å². The fourth-order valence-corrected chi connectivity index (χ4v) is 5.01. The molecule has 9 heteroatoms. The highest BCUT2D eigenvalue weighted by Gasteiger charge is 2.18. The first-order valence-electron chi connectivity index (χ1n) is 9.41. The lowest BCUT2D eigenvalue weighted by atomic mass is 10.0. The Hall–Kier alpha value is -3.30. The van der Waals surface area contributed by atoms with E-state index in [-0.39, 0.29) is 5.91 Å². The third-order valence-corrected chi connectivity index (χ3v) is 6.66. The summed E-state index contributed by atoms with van der Waals surface area (Å²) < 4.78 is 8.00. The highest BCUT2D eigenvalue weighted by atomic mass is 79.9. The molecule has 5 aromatic rings. The van der Waals surface area contributed by atoms with Gasteiger partial charge in [0.2, 0.25) is 4.96 Å². The summed E-state index contributed by atoms with van der Waals surface area (Å²) >= 11 is 5.04. The van der Waals surface area contributed by atoms with Crippen molar-refractivity contribution in [3.63, 3.8) is 0 Å². The van der Waals surface area contributed by atoms with Gasteiger partial charge in [0.05, 0.1) is 17.1 Å². The van der Waals surface area contributed by atoms with Gasteiger partial charge >= 0.3 is 0 Å². The molecule has 1 amide bonds. The second kappa shape index (κ2) is 7.75. The van der Waals surface area contributed by atoms with Crippen LogP contribution in [-0.2, 0) is 0 Å². The van der Waals surface area contributed by atoms with Crippen LogP contribution in [0.25, 0.3) is 26.3 Å². The van der Waals surface area contributed by atoms with Crippen LogP contribution in [0.3, 0.4) is 0 Å². The Labute approximate surface area is 189 Å². The quantitative estimate of drug-likeness (QED) is 0.365. The minimum absolute atomic E-state index is 0.245. The molecular weight excluding hydrogens is 478 g/mol. The number of carbonyl (C=O) groups is 1. The summed E-state index contributed by atoms with van der Waals surface area (Å²) in [4.78, 5) is 13.8. The van der Waals surface area contributed by atoms with Gasteiger partial charge < -0.3 is 10.1 Å². The first-order valence-corrected chi connectivity index (χ1v) is 11.0. The van der Waals surface area contributed by atoms with E-state index in [1.165, 1.54) is 11.3 Å². The monoisotopic (exact) mass is 493 g/mol. The average Bonchev–Trinajstić information content (AvgIpc) is 3.36. The number of halogens is 1. The summed E-state index contributed by atoms with van der Waals surface area (Å²) in [7, 11) is 1.56. The molecule has 0 radical (unpaired) electrons. The van der Waals surface area contributed by atoms with Gasteiger partial charge in [-0.3, -0.25) is 4.79 Å². The number of methoxy groups -OCH3 is 1. The number of carbonyl (C=O) groups excluding carboxylic acids is 1. The largest absolute Gasteiger partial charge is 0.495 e. The molecule has 5 rings (SSSR count). The van der Waals surface area contributed by atoms with E-state index in [9.17, 15) is 4.79 Å². The normalized spacial score (nSPS) is 11.2. The standard InChI is InChI=1S/C22H16BrN5O2S/c1-12-25-26-22-28(12)27-21(31-22)13-7-9-15(10-8-13)24-20(29)17-11-14-5-3-4-6-16(14)18(23)19(17)30-2/h3-11H,1-2H3,(H,24,29). The van der Waals surface area contributed by atoms with Crippen molar-refractivity contribution in [2.75, 3.05) is 12.4 Å². The number of fused-ring (bicyclic) bond motifs is 2. The number of ether oxygens (including phenoxy) is 1. The summed E-state index contributed by atoms with van der Waals surface area (Å²) in [6, 6.07) is 17.2. The van der Waals surface area contributed by atoms with Crippen LogP contribution in [0.2, 0.25) is 0 Å². The van der Waals surface area contributed by atoms with E-state index >= 15 is 0 Å². The van der Waals surface area contributed by atoms with Crippen LogP contribution in [0, 0.1) is 6.92 Å². The van der Waals surface area contributed by atoms with E-state index in [2.05, 4.69) is 36.5 Å². The Bertz CT molecular complexity index is 1440. The Morgan fingerprint density at radius 2 is 1.90 bits per heavy atom. The van der Waals surface area contributed by atoms with Crippen molar-refractivity contribution in [3.05, 3.63) is 70.5 Å². The van der Waals surface area contributed by atoms with Crippen LogP contribution >= 0.6 is 27.3 Å². The molecule has 0 aliphatic heterocycles. The number of nitrogens with zero attached hydrogens (tertiary/aromatic N) is 4. The van der Waals surface area contributed by atoms with E-state index < -0.39 is 0 Å². The van der Waals surface area contributed by atoms with Gasteiger partial charge in [0.15, 0.2) is 5.82 Å². The third-order valence-electron chi connectivity index (χ3n) is 4.93. The second-order valence-corrected chi connectivity index (χ2v) is 8.62. The zero-order valence-electron chi connectivity index (χ0n) is 16.6. The van der Waals surface area contributed by atoms with Crippen molar-refractivity contribution in [3.8, 4) is 16.3 Å². The number of aryl methyl sites for hydroxylation is 1. The number of aromatic nitrogens is 4. The van der Waals surface area contributed by atoms with Crippen molar-refractivity contribution in [2.45, 2.75) is 6.92 Å². The van der Waals surface area contributed by atoms with E-state index in [1.54, 1.807) is 11.6 Å². The van der Waals surface area contributed by atoms with Crippen LogP contribution < -0.4 is 10.1 Å². The summed E-state index contributed by atoms with van der Waals surface area (Å²) in [6.45, 7) is 1.86. The van der Waals surface area contributed by atoms with Gasteiger partial charge in [-0.2, -0.15) is 9.61 Å². The molecule has 1 N–H and O–H groups in total. The van der Waals surface area contributed by atoms with E-state index in [0.29, 0.717) is 17.0 Å². The lowest BCUT2D eigenvalue weighted by molar-refractivity contribution is 0.102. The lowest BCUT2D eigenvalue weighted by Crippen LogP contribution is -2.13. The van der Waals surface area contributed by atoms with E-state index in [4.69, 9.17) is 4.74 Å². The first kappa shape index (κ1) is 19.7. The van der Waals surface area contributed by atoms with E-state index in [1.807, 2.05) is 61.5 Å². The maximum Gasteiger partial charge on any atom is 0.259 e. The summed E-state index contributed by atoms with van der Waals surface area (Å²) in [5, 5.41) is 18.4. The maximum absolute atomic E-state index is 13.0. The second-order valence-electron chi connectivity index (χ2n) is 6.87. The summed E-state index contributed by atoms with van der Waals surface area (Å²) in [5.41, 5.74) is 2.08. The zero-order chi connectivity index (χ0) is 21.5. The molecule has 7 nitrogen and oxygen atoms in total. The van der Waals surface area contributed by atoms with Crippen LogP contribution in [0.5, 0.6) is 5.75 Å². The molecule has 0 atom stereocenters. The molecule has 0 fully saturated rings. The SMILES string of the molecule is COc1c(C(=O)Nc2ccc(-c3nn4c(C)nnc4s3)cc2)cc2ccccc2c1Br. The molecule has 0 unspecified atom stereocenters. The fraction of sp³-hybridized carbons (Fsp3) is 0.0909. The molecular formula is C22H16BrN5O2S. The van der Waals surface area contributed by atoms with Crippen molar-refractivity contribution in [1.29, 1.82) is 0 Å². The smallest absolute Gasteiger partial charge is 0.259 e. The molecule has 31 heavy (non-hydrogen) atoms. The zero-order valence-corrected chi connectivity index (χ0v) is 19.0. The molecule has 0 spiro atoms. The minimum atomic E-state index is -0.245. The van der Waals surface area contributed by atoms with Crippen LogP contribution in [0.4, 0.5) is 5.69 Å². The average molecular weight is 494 g/mol. The van der Waals surface area contributed by atoms with Crippen LogP contribution in [0.15, 0.2) is 59.1 Å². The van der Waals surface area contributed by atoms with Gasteiger partial charge in [0.1, 0.15) is 10.8 Å². The topological polar surface area (TPSA) is 81.4 Å². The Morgan fingerprint density at radius 3 is 2.65 bits per heavy atom. The number of anilines is 1. The Kier molecular flexibility index (Phi) is 4.91. The lowest BCUT2D eigenvalue weighted by Gasteiger charge is -2.13. The summed E-state index contributed by atoms with van der Waals surface area (Å²) in [5.74, 6) is 1.00. The molecule has 0 bridgehead atoms.